The van der Waals surface area contributed by atoms with Gasteiger partial charge in [0.05, 0.1) is 6.07 Å². The van der Waals surface area contributed by atoms with Crippen LogP contribution in [-0.4, -0.2) is 18.6 Å². The molecule has 1 aliphatic carbocycles. The van der Waals surface area contributed by atoms with Crippen molar-refractivity contribution in [3.8, 4) is 6.07 Å². The fourth-order valence-corrected chi connectivity index (χ4v) is 2.98. The fraction of sp³-hybridized carbons (Fsp3) is 0.500. The first-order valence-corrected chi connectivity index (χ1v) is 7.43. The standard InChI is InChI=1S/C14H16BrN5/c15-13-3-2-12-9-14(10-16,5-4-11(12)8-13)18-6-1-7-19-20-17/h2-3,8,18H,1,4-7,9H2. The van der Waals surface area contributed by atoms with Crippen molar-refractivity contribution in [1.29, 1.82) is 5.26 Å². The van der Waals surface area contributed by atoms with Crippen LogP contribution in [0.1, 0.15) is 24.0 Å². The predicted molar refractivity (Wildman–Crippen MR) is 81.1 cm³/mol. The number of aryl methyl sites for hydroxylation is 1. The SMILES string of the molecule is N#CC1(NCCCN=[N+]=[N-])CCc2cc(Br)ccc2C1. The van der Waals surface area contributed by atoms with E-state index in [1.165, 1.54) is 11.1 Å². The molecule has 1 unspecified atom stereocenters. The van der Waals surface area contributed by atoms with Crippen LogP contribution in [0.15, 0.2) is 27.8 Å². The number of nitrogens with one attached hydrogen (secondary N) is 1. The Labute approximate surface area is 126 Å². The van der Waals surface area contributed by atoms with Gasteiger partial charge in [-0.05, 0) is 54.6 Å². The lowest BCUT2D eigenvalue weighted by molar-refractivity contribution is 0.365. The van der Waals surface area contributed by atoms with E-state index in [1.807, 2.05) is 6.07 Å². The Kier molecular flexibility index (Phi) is 5.02. The van der Waals surface area contributed by atoms with Crippen molar-refractivity contribution in [3.05, 3.63) is 44.2 Å². The summed E-state index contributed by atoms with van der Waals surface area (Å²) in [6.45, 7) is 1.16. The van der Waals surface area contributed by atoms with E-state index in [0.29, 0.717) is 13.1 Å². The van der Waals surface area contributed by atoms with E-state index < -0.39 is 5.54 Å². The Morgan fingerprint density at radius 1 is 1.50 bits per heavy atom. The van der Waals surface area contributed by atoms with E-state index in [4.69, 9.17) is 5.53 Å². The van der Waals surface area contributed by atoms with Gasteiger partial charge in [0.25, 0.3) is 0 Å². The van der Waals surface area contributed by atoms with Gasteiger partial charge in [-0.1, -0.05) is 27.1 Å². The molecule has 0 aromatic heterocycles. The van der Waals surface area contributed by atoms with Crippen LogP contribution in [0.5, 0.6) is 0 Å². The summed E-state index contributed by atoms with van der Waals surface area (Å²) < 4.78 is 1.09. The molecule has 0 saturated heterocycles. The summed E-state index contributed by atoms with van der Waals surface area (Å²) in [5, 5.41) is 16.4. The Bertz CT molecular complexity index is 573. The van der Waals surface area contributed by atoms with Crippen molar-refractivity contribution < 1.29 is 0 Å². The monoisotopic (exact) mass is 333 g/mol. The summed E-state index contributed by atoms with van der Waals surface area (Å²) in [7, 11) is 0. The second kappa shape index (κ2) is 6.76. The normalized spacial score (nSPS) is 20.6. The Hall–Kier alpha value is -1.54. The summed E-state index contributed by atoms with van der Waals surface area (Å²) >= 11 is 3.48. The van der Waals surface area contributed by atoms with E-state index in [2.05, 4.69) is 49.5 Å². The van der Waals surface area contributed by atoms with Crippen LogP contribution in [0.2, 0.25) is 0 Å². The molecule has 0 spiro atoms. The molecule has 0 fully saturated rings. The van der Waals surface area contributed by atoms with E-state index in [9.17, 15) is 5.26 Å². The number of benzene rings is 1. The third-order valence-corrected chi connectivity index (χ3v) is 4.15. The molecule has 0 radical (unpaired) electrons. The number of nitriles is 1. The maximum Gasteiger partial charge on any atom is 0.111 e. The molecule has 1 aliphatic rings. The zero-order valence-electron chi connectivity index (χ0n) is 11.1. The summed E-state index contributed by atoms with van der Waals surface area (Å²) in [4.78, 5) is 2.72. The molecule has 1 aromatic rings. The van der Waals surface area contributed by atoms with Crippen LogP contribution < -0.4 is 5.32 Å². The van der Waals surface area contributed by atoms with Crippen LogP contribution >= 0.6 is 15.9 Å². The van der Waals surface area contributed by atoms with Gasteiger partial charge in [-0.3, -0.25) is 5.32 Å². The number of rotatable bonds is 5. The van der Waals surface area contributed by atoms with Gasteiger partial charge < -0.3 is 0 Å². The Morgan fingerprint density at radius 2 is 2.35 bits per heavy atom. The van der Waals surface area contributed by atoms with E-state index in [-0.39, 0.29) is 0 Å². The molecule has 0 aliphatic heterocycles. The number of hydrogen-bond donors (Lipinski definition) is 1. The maximum absolute atomic E-state index is 9.52. The van der Waals surface area contributed by atoms with E-state index in [1.54, 1.807) is 0 Å². The minimum absolute atomic E-state index is 0.467. The number of fused-ring (bicyclic) bond motifs is 1. The zero-order chi connectivity index (χ0) is 14.4. The Morgan fingerprint density at radius 3 is 3.10 bits per heavy atom. The topological polar surface area (TPSA) is 84.6 Å². The third-order valence-electron chi connectivity index (χ3n) is 3.66. The van der Waals surface area contributed by atoms with Crippen LogP contribution in [-0.2, 0) is 12.8 Å². The quantitative estimate of drug-likeness (QED) is 0.387. The van der Waals surface area contributed by atoms with Crippen molar-refractivity contribution in [2.75, 3.05) is 13.1 Å². The van der Waals surface area contributed by atoms with Gasteiger partial charge in [0.15, 0.2) is 0 Å². The van der Waals surface area contributed by atoms with Gasteiger partial charge in [-0.25, -0.2) is 0 Å². The molecule has 0 amide bonds. The van der Waals surface area contributed by atoms with E-state index in [0.717, 1.165) is 30.2 Å². The molecule has 0 heterocycles. The summed E-state index contributed by atoms with van der Waals surface area (Å²) in [6.07, 6.45) is 3.20. The summed E-state index contributed by atoms with van der Waals surface area (Å²) in [5.74, 6) is 0. The number of halogens is 1. The van der Waals surface area contributed by atoms with Gasteiger partial charge >= 0.3 is 0 Å². The van der Waals surface area contributed by atoms with Crippen molar-refractivity contribution in [2.45, 2.75) is 31.2 Å². The van der Waals surface area contributed by atoms with Gasteiger partial charge in [-0.15, -0.1) is 0 Å². The van der Waals surface area contributed by atoms with Crippen LogP contribution in [0.25, 0.3) is 10.4 Å². The first-order valence-electron chi connectivity index (χ1n) is 6.63. The molecule has 1 N–H and O–H groups in total. The molecule has 0 bridgehead atoms. The highest BCUT2D eigenvalue weighted by atomic mass is 79.9. The lowest BCUT2D eigenvalue weighted by Crippen LogP contribution is -2.48. The predicted octanol–water partition coefficient (Wildman–Crippen LogP) is 3.49. The molecule has 20 heavy (non-hydrogen) atoms. The molecule has 1 aromatic carbocycles. The van der Waals surface area contributed by atoms with Crippen LogP contribution in [0.4, 0.5) is 0 Å². The van der Waals surface area contributed by atoms with Gasteiger partial charge in [0, 0.05) is 22.4 Å². The van der Waals surface area contributed by atoms with Crippen molar-refractivity contribution >= 4 is 15.9 Å². The second-order valence-electron chi connectivity index (χ2n) is 5.02. The van der Waals surface area contributed by atoms with Crippen LogP contribution in [0, 0.1) is 11.3 Å². The van der Waals surface area contributed by atoms with Crippen molar-refractivity contribution in [3.63, 3.8) is 0 Å². The van der Waals surface area contributed by atoms with Gasteiger partial charge in [0.2, 0.25) is 0 Å². The number of azide groups is 1. The molecule has 104 valence electrons. The largest absolute Gasteiger partial charge is 0.299 e. The molecular weight excluding hydrogens is 318 g/mol. The zero-order valence-corrected chi connectivity index (χ0v) is 12.7. The van der Waals surface area contributed by atoms with Crippen molar-refractivity contribution in [1.82, 2.24) is 5.32 Å². The van der Waals surface area contributed by atoms with Gasteiger partial charge in [0.1, 0.15) is 5.54 Å². The Balaban J connectivity index is 2.01. The molecule has 0 saturated carbocycles. The van der Waals surface area contributed by atoms with Gasteiger partial charge in [-0.2, -0.15) is 5.26 Å². The summed E-state index contributed by atoms with van der Waals surface area (Å²) in [6, 6.07) is 8.69. The lowest BCUT2D eigenvalue weighted by Gasteiger charge is -2.33. The van der Waals surface area contributed by atoms with Crippen molar-refractivity contribution in [2.24, 2.45) is 5.11 Å². The number of nitrogens with zero attached hydrogens (tertiary/aromatic N) is 4. The highest BCUT2D eigenvalue weighted by Crippen LogP contribution is 2.30. The van der Waals surface area contributed by atoms with Crippen LogP contribution in [0.3, 0.4) is 0 Å². The second-order valence-corrected chi connectivity index (χ2v) is 5.93. The smallest absolute Gasteiger partial charge is 0.111 e. The first-order chi connectivity index (χ1) is 9.69. The average Bonchev–Trinajstić information content (AvgIpc) is 2.47. The average molecular weight is 334 g/mol. The molecule has 5 nitrogen and oxygen atoms in total. The maximum atomic E-state index is 9.52. The minimum atomic E-state index is -0.489. The fourth-order valence-electron chi connectivity index (χ4n) is 2.57. The third kappa shape index (κ3) is 3.51. The van der Waals surface area contributed by atoms with E-state index >= 15 is 0 Å². The first kappa shape index (κ1) is 14.9. The minimum Gasteiger partial charge on any atom is -0.299 e. The molecule has 2 rings (SSSR count). The molecular formula is C14H16BrN5. The highest BCUT2D eigenvalue weighted by molar-refractivity contribution is 9.10. The summed E-state index contributed by atoms with van der Waals surface area (Å²) in [5.41, 5.74) is 10.3. The molecule has 1 atom stereocenters. The highest BCUT2D eigenvalue weighted by Gasteiger charge is 2.33. The molecule has 6 heteroatoms. The lowest BCUT2D eigenvalue weighted by atomic mass is 9.79. The number of hydrogen-bond acceptors (Lipinski definition) is 3.